The number of aromatic hydroxyl groups is 1. The first-order chi connectivity index (χ1) is 17.5. The third-order valence-corrected chi connectivity index (χ3v) is 7.12. The Morgan fingerprint density at radius 1 is 1.08 bits per heavy atom. The molecule has 0 unspecified atom stereocenters. The molecule has 1 aliphatic heterocycles. The van der Waals surface area contributed by atoms with Crippen molar-refractivity contribution in [2.75, 3.05) is 0 Å². The van der Waals surface area contributed by atoms with E-state index in [2.05, 4.69) is 0 Å². The lowest BCUT2D eigenvalue weighted by atomic mass is 9.71. The molecule has 0 saturated carbocycles. The summed E-state index contributed by atoms with van der Waals surface area (Å²) in [5.41, 5.74) is 0.650. The molecule has 37 heavy (non-hydrogen) atoms. The fourth-order valence-corrected chi connectivity index (χ4v) is 5.38. The van der Waals surface area contributed by atoms with Gasteiger partial charge in [0.1, 0.15) is 5.76 Å². The van der Waals surface area contributed by atoms with E-state index in [1.807, 2.05) is 6.07 Å². The molecule has 1 heterocycles. The van der Waals surface area contributed by atoms with E-state index >= 15 is 0 Å². The zero-order chi connectivity index (χ0) is 26.9. The van der Waals surface area contributed by atoms with Gasteiger partial charge in [-0.2, -0.15) is 0 Å². The second-order valence-electron chi connectivity index (χ2n) is 9.74. The summed E-state index contributed by atoms with van der Waals surface area (Å²) in [5, 5.41) is 31.8. The number of hydrogen-bond donors (Lipinski definition) is 3. The van der Waals surface area contributed by atoms with Crippen LogP contribution in [0, 0.1) is 5.92 Å². The van der Waals surface area contributed by atoms with Crippen molar-refractivity contribution in [2.45, 2.75) is 82.7 Å². The number of hydrogen-bond acceptors (Lipinski definition) is 10. The van der Waals surface area contributed by atoms with Crippen molar-refractivity contribution in [3.05, 3.63) is 35.1 Å². The number of carbonyl (C=O) groups excluding carboxylic acids is 3. The fraction of sp³-hybridized carbons (Fsp3) is 0.538. The molecule has 200 valence electrons. The number of phenolic OH excluding ortho intramolecular Hbond substituents is 1. The van der Waals surface area contributed by atoms with Crippen LogP contribution >= 0.6 is 0 Å². The van der Waals surface area contributed by atoms with Crippen molar-refractivity contribution in [2.24, 2.45) is 5.92 Å². The first kappa shape index (κ1) is 26.5. The molecular weight excluding hydrogens is 488 g/mol. The van der Waals surface area contributed by atoms with E-state index in [-0.39, 0.29) is 36.0 Å². The fourth-order valence-electron chi connectivity index (χ4n) is 5.38. The van der Waals surface area contributed by atoms with Crippen molar-refractivity contribution < 1.29 is 53.4 Å². The molecule has 2 aliphatic carbocycles. The number of ether oxygens (including phenoxy) is 4. The van der Waals surface area contributed by atoms with Crippen LogP contribution in [-0.2, 0) is 46.2 Å². The van der Waals surface area contributed by atoms with Crippen LogP contribution in [0.5, 0.6) is 11.5 Å². The van der Waals surface area contributed by atoms with Gasteiger partial charge in [0.25, 0.3) is 0 Å². The van der Waals surface area contributed by atoms with Gasteiger partial charge in [0.05, 0.1) is 5.60 Å². The number of rotatable bonds is 6. The van der Waals surface area contributed by atoms with Gasteiger partial charge in [-0.3, -0.25) is 9.59 Å². The Morgan fingerprint density at radius 2 is 1.78 bits per heavy atom. The number of carbonyl (C=O) groups is 4. The van der Waals surface area contributed by atoms with Crippen molar-refractivity contribution >= 4 is 23.9 Å². The predicted molar refractivity (Wildman–Crippen MR) is 124 cm³/mol. The molecule has 3 aliphatic rings. The van der Waals surface area contributed by atoms with Gasteiger partial charge in [-0.1, -0.05) is 12.5 Å². The highest BCUT2D eigenvalue weighted by atomic mass is 16.6. The zero-order valence-electron chi connectivity index (χ0n) is 20.6. The summed E-state index contributed by atoms with van der Waals surface area (Å²) in [6.45, 7) is 1.91. The molecule has 0 amide bonds. The molecule has 0 fully saturated rings. The molecule has 4 rings (SSSR count). The van der Waals surface area contributed by atoms with Crippen LogP contribution in [0.4, 0.5) is 0 Å². The Kier molecular flexibility index (Phi) is 7.44. The number of benzene rings is 1. The lowest BCUT2D eigenvalue weighted by Gasteiger charge is -2.41. The molecule has 0 saturated heterocycles. The first-order valence-electron chi connectivity index (χ1n) is 12.2. The van der Waals surface area contributed by atoms with Gasteiger partial charge in [-0.15, -0.1) is 0 Å². The van der Waals surface area contributed by atoms with Gasteiger partial charge < -0.3 is 34.3 Å². The maximum atomic E-state index is 13.1. The quantitative estimate of drug-likeness (QED) is 0.372. The number of fused-ring (bicyclic) bond motifs is 4. The van der Waals surface area contributed by atoms with Crippen molar-refractivity contribution in [1.29, 1.82) is 0 Å². The number of phenols is 1. The van der Waals surface area contributed by atoms with Crippen LogP contribution in [0.3, 0.4) is 0 Å². The normalized spacial score (nSPS) is 25.9. The summed E-state index contributed by atoms with van der Waals surface area (Å²) in [5.74, 6) is -4.96. The van der Waals surface area contributed by atoms with Crippen molar-refractivity contribution in [3.8, 4) is 11.5 Å². The van der Waals surface area contributed by atoms with Crippen molar-refractivity contribution in [3.63, 3.8) is 0 Å². The van der Waals surface area contributed by atoms with Gasteiger partial charge >= 0.3 is 23.9 Å². The summed E-state index contributed by atoms with van der Waals surface area (Å²) < 4.78 is 21.2. The first-order valence-corrected chi connectivity index (χ1v) is 12.2. The Bertz CT molecular complexity index is 1140. The average Bonchev–Trinajstić information content (AvgIpc) is 2.80. The lowest BCUT2D eigenvalue weighted by Crippen LogP contribution is -2.48. The average molecular weight is 519 g/mol. The molecule has 3 N–H and O–H groups in total. The zero-order valence-corrected chi connectivity index (χ0v) is 20.6. The van der Waals surface area contributed by atoms with Gasteiger partial charge in [-0.05, 0) is 55.7 Å². The molecule has 1 aromatic rings. The van der Waals surface area contributed by atoms with E-state index in [0.717, 1.165) is 44.2 Å². The monoisotopic (exact) mass is 518 g/mol. The Labute approximate surface area is 213 Å². The molecule has 5 atom stereocenters. The summed E-state index contributed by atoms with van der Waals surface area (Å²) in [6, 6.07) is 3.38. The minimum Gasteiger partial charge on any atom is -0.504 e. The summed E-state index contributed by atoms with van der Waals surface area (Å²) in [7, 11) is 0. The Balaban J connectivity index is 1.69. The highest BCUT2D eigenvalue weighted by molar-refractivity contribution is 5.88. The van der Waals surface area contributed by atoms with Crippen LogP contribution in [-0.4, -0.2) is 63.1 Å². The van der Waals surface area contributed by atoms with E-state index in [1.54, 1.807) is 0 Å². The van der Waals surface area contributed by atoms with Gasteiger partial charge in [0, 0.05) is 25.8 Å². The number of carboxylic acid groups (broad SMARTS) is 1. The third-order valence-electron chi connectivity index (χ3n) is 7.12. The van der Waals surface area contributed by atoms with Gasteiger partial charge in [0.2, 0.25) is 12.2 Å². The third kappa shape index (κ3) is 5.56. The second kappa shape index (κ2) is 10.4. The number of esters is 3. The standard InChI is InChI=1S/C26H30O11/c1-13(27)34-22(24(30)31)23(35-14(2)28)25(32)37-19-9-10-26(33)12-20(19)36-21-17-6-4-3-5-16(26)11-15(17)7-8-18(21)29/h7-9,16,20,22-23,29,33H,3-6,10-12H2,1-2H3,(H,30,31)/t16-,20-,22-,23-,26+/m1/s1. The van der Waals surface area contributed by atoms with Crippen molar-refractivity contribution in [1.82, 2.24) is 0 Å². The number of aliphatic hydroxyl groups is 1. The molecule has 0 radical (unpaired) electrons. The molecule has 11 heteroatoms. The van der Waals surface area contributed by atoms with Crippen LogP contribution in [0.15, 0.2) is 24.0 Å². The van der Waals surface area contributed by atoms with E-state index in [4.69, 9.17) is 18.9 Å². The van der Waals surface area contributed by atoms with Crippen LogP contribution in [0.2, 0.25) is 0 Å². The summed E-state index contributed by atoms with van der Waals surface area (Å²) >= 11 is 0. The predicted octanol–water partition coefficient (Wildman–Crippen LogP) is 1.94. The van der Waals surface area contributed by atoms with E-state index in [9.17, 15) is 34.5 Å². The molecule has 0 aromatic heterocycles. The van der Waals surface area contributed by atoms with Gasteiger partial charge in [0.15, 0.2) is 17.6 Å². The summed E-state index contributed by atoms with van der Waals surface area (Å²) in [4.78, 5) is 47.8. The second-order valence-corrected chi connectivity index (χ2v) is 9.74. The molecule has 6 bridgehead atoms. The van der Waals surface area contributed by atoms with Gasteiger partial charge in [-0.25, -0.2) is 9.59 Å². The largest absolute Gasteiger partial charge is 0.504 e. The lowest BCUT2D eigenvalue weighted by molar-refractivity contribution is -0.187. The number of aliphatic carboxylic acids is 1. The SMILES string of the molecule is CC(=O)O[C@@H](C(=O)O)[C@@H](OC(C)=O)C(=O)OC1=CC[C@]2(O)C[C@H]1Oc1c(O)ccc3c1CCCC[C@@H]2C3. The van der Waals surface area contributed by atoms with E-state index in [1.165, 1.54) is 12.1 Å². The number of carboxylic acids is 1. The topological polar surface area (TPSA) is 166 Å². The maximum absolute atomic E-state index is 13.1. The minimum atomic E-state index is -2.14. The summed E-state index contributed by atoms with van der Waals surface area (Å²) in [6.07, 6.45) is 0.290. The Hall–Kier alpha value is -3.60. The van der Waals surface area contributed by atoms with Crippen LogP contribution in [0.25, 0.3) is 0 Å². The Morgan fingerprint density at radius 3 is 2.46 bits per heavy atom. The maximum Gasteiger partial charge on any atom is 0.357 e. The highest BCUT2D eigenvalue weighted by Gasteiger charge is 2.47. The van der Waals surface area contributed by atoms with Crippen LogP contribution < -0.4 is 4.74 Å². The van der Waals surface area contributed by atoms with E-state index in [0.29, 0.717) is 12.8 Å². The minimum absolute atomic E-state index is 0.0329. The van der Waals surface area contributed by atoms with Crippen LogP contribution in [0.1, 0.15) is 57.1 Å². The highest BCUT2D eigenvalue weighted by Crippen LogP contribution is 2.46. The molecule has 0 spiro atoms. The van der Waals surface area contributed by atoms with E-state index < -0.39 is 47.8 Å². The molecule has 1 aromatic carbocycles. The smallest absolute Gasteiger partial charge is 0.357 e. The molecule has 11 nitrogen and oxygen atoms in total. The molecular formula is C26H30O11.